The Kier molecular flexibility index (Phi) is 9.00. The third kappa shape index (κ3) is 6.79. The van der Waals surface area contributed by atoms with Gasteiger partial charge in [-0.1, -0.05) is 18.2 Å². The molecule has 0 bridgehead atoms. The summed E-state index contributed by atoms with van der Waals surface area (Å²) >= 11 is 0. The molecule has 9 nitrogen and oxygen atoms in total. The van der Waals surface area contributed by atoms with E-state index >= 15 is 0 Å². The van der Waals surface area contributed by atoms with E-state index in [1.165, 1.54) is 44.6 Å². The number of amides is 1. The number of furan rings is 1. The van der Waals surface area contributed by atoms with E-state index in [4.69, 9.17) is 22.8 Å². The predicted octanol–water partition coefficient (Wildman–Crippen LogP) is 5.93. The van der Waals surface area contributed by atoms with E-state index in [0.717, 1.165) is 18.2 Å². The number of carbonyl (C=O) groups excluding carboxylic acids is 1. The Morgan fingerprint density at radius 3 is 2.07 bits per heavy atom. The molecule has 3 aromatic carbocycles. The van der Waals surface area contributed by atoms with Crippen molar-refractivity contribution in [1.29, 1.82) is 0 Å². The molecule has 42 heavy (non-hydrogen) atoms. The van der Waals surface area contributed by atoms with Crippen molar-refractivity contribution in [2.24, 2.45) is 0 Å². The monoisotopic (exact) mass is 605 g/mol. The molecule has 0 unspecified atom stereocenters. The van der Waals surface area contributed by atoms with Gasteiger partial charge in [-0.3, -0.25) is 4.79 Å². The SMILES string of the molecule is COc1ccc(CN(Cc2ccco2)C(=O)c2c(OC)cccc2OC)cc1OS(=O)(=O)c1cccc(C(F)(F)F)c1. The summed E-state index contributed by atoms with van der Waals surface area (Å²) in [6.07, 6.45) is -3.29. The summed E-state index contributed by atoms with van der Waals surface area (Å²) in [7, 11) is -0.590. The number of alkyl halides is 3. The molecule has 0 aliphatic carbocycles. The van der Waals surface area contributed by atoms with Gasteiger partial charge < -0.3 is 27.7 Å². The van der Waals surface area contributed by atoms with Gasteiger partial charge in [0.2, 0.25) is 0 Å². The zero-order valence-electron chi connectivity index (χ0n) is 22.7. The fourth-order valence-corrected chi connectivity index (χ4v) is 5.09. The van der Waals surface area contributed by atoms with Gasteiger partial charge in [-0.05, 0) is 60.2 Å². The van der Waals surface area contributed by atoms with Crippen molar-refractivity contribution >= 4 is 16.0 Å². The first-order valence-corrected chi connectivity index (χ1v) is 13.7. The first kappa shape index (κ1) is 30.3. The Hall–Kier alpha value is -4.65. The molecule has 4 aromatic rings. The van der Waals surface area contributed by atoms with Crippen molar-refractivity contribution < 1.29 is 49.2 Å². The lowest BCUT2D eigenvalue weighted by atomic mass is 10.1. The van der Waals surface area contributed by atoms with Gasteiger partial charge >= 0.3 is 16.3 Å². The van der Waals surface area contributed by atoms with E-state index in [-0.39, 0.29) is 41.7 Å². The van der Waals surface area contributed by atoms with Gasteiger partial charge in [0, 0.05) is 6.54 Å². The lowest BCUT2D eigenvalue weighted by molar-refractivity contribution is -0.137. The number of rotatable bonds is 11. The van der Waals surface area contributed by atoms with Gasteiger partial charge in [-0.2, -0.15) is 21.6 Å². The van der Waals surface area contributed by atoms with Crippen LogP contribution in [0.15, 0.2) is 88.4 Å². The molecule has 1 aromatic heterocycles. The molecular weight excluding hydrogens is 579 g/mol. The second kappa shape index (κ2) is 12.5. The van der Waals surface area contributed by atoms with Crippen LogP contribution in [0.1, 0.15) is 27.2 Å². The summed E-state index contributed by atoms with van der Waals surface area (Å²) in [6.45, 7) is -0.0392. The number of methoxy groups -OCH3 is 3. The lowest BCUT2D eigenvalue weighted by Crippen LogP contribution is -2.30. The Balaban J connectivity index is 1.70. The van der Waals surface area contributed by atoms with E-state index in [0.29, 0.717) is 17.4 Å². The lowest BCUT2D eigenvalue weighted by Gasteiger charge is -2.24. The maximum atomic E-state index is 13.9. The van der Waals surface area contributed by atoms with Crippen LogP contribution in [0.5, 0.6) is 23.0 Å². The highest BCUT2D eigenvalue weighted by molar-refractivity contribution is 7.87. The van der Waals surface area contributed by atoms with E-state index in [1.807, 2.05) is 0 Å². The van der Waals surface area contributed by atoms with E-state index in [1.54, 1.807) is 36.4 Å². The highest BCUT2D eigenvalue weighted by atomic mass is 32.2. The van der Waals surface area contributed by atoms with Crippen molar-refractivity contribution in [3.05, 3.63) is 102 Å². The molecule has 222 valence electrons. The molecule has 0 fully saturated rings. The molecule has 1 amide bonds. The first-order chi connectivity index (χ1) is 20.0. The molecule has 0 atom stereocenters. The van der Waals surface area contributed by atoms with Gasteiger partial charge in [0.05, 0.1) is 39.7 Å². The molecule has 0 aliphatic heterocycles. The molecule has 4 rings (SSSR count). The van der Waals surface area contributed by atoms with Crippen LogP contribution in [0.3, 0.4) is 0 Å². The molecule has 13 heteroatoms. The minimum atomic E-state index is -4.75. The van der Waals surface area contributed by atoms with Crippen LogP contribution in [0, 0.1) is 0 Å². The zero-order valence-corrected chi connectivity index (χ0v) is 23.5. The Labute approximate surface area is 240 Å². The van der Waals surface area contributed by atoms with Gasteiger partial charge in [-0.25, -0.2) is 0 Å². The Morgan fingerprint density at radius 2 is 1.48 bits per heavy atom. The summed E-state index contributed by atoms with van der Waals surface area (Å²) in [5.41, 5.74) is -0.572. The second-order valence-electron chi connectivity index (χ2n) is 8.83. The van der Waals surface area contributed by atoms with Crippen molar-refractivity contribution in [1.82, 2.24) is 4.90 Å². The largest absolute Gasteiger partial charge is 0.496 e. The first-order valence-electron chi connectivity index (χ1n) is 12.3. The van der Waals surface area contributed by atoms with Crippen LogP contribution in [0.4, 0.5) is 13.2 Å². The number of hydrogen-bond donors (Lipinski definition) is 0. The van der Waals surface area contributed by atoms with Crippen molar-refractivity contribution in [3.8, 4) is 23.0 Å². The van der Waals surface area contributed by atoms with E-state index in [2.05, 4.69) is 0 Å². The number of nitrogens with zero attached hydrogens (tertiary/aromatic N) is 1. The number of ether oxygens (including phenoxy) is 3. The van der Waals surface area contributed by atoms with Crippen LogP contribution in [0.2, 0.25) is 0 Å². The summed E-state index contributed by atoms with van der Waals surface area (Å²) in [5.74, 6) is 0.256. The summed E-state index contributed by atoms with van der Waals surface area (Å²) < 4.78 is 92.2. The molecule has 0 spiro atoms. The molecule has 1 heterocycles. The van der Waals surface area contributed by atoms with Gasteiger partial charge in [0.1, 0.15) is 27.7 Å². The summed E-state index contributed by atoms with van der Waals surface area (Å²) in [4.78, 5) is 14.6. The predicted molar refractivity (Wildman–Crippen MR) is 144 cm³/mol. The minimum absolute atomic E-state index is 0.00427. The fourth-order valence-electron chi connectivity index (χ4n) is 4.11. The average molecular weight is 606 g/mol. The van der Waals surface area contributed by atoms with E-state index < -0.39 is 32.7 Å². The van der Waals surface area contributed by atoms with Crippen LogP contribution in [-0.2, 0) is 29.4 Å². The Morgan fingerprint density at radius 1 is 0.810 bits per heavy atom. The van der Waals surface area contributed by atoms with Crippen LogP contribution >= 0.6 is 0 Å². The Bertz CT molecular complexity index is 1630. The summed E-state index contributed by atoms with van der Waals surface area (Å²) in [5, 5.41) is 0. The van der Waals surface area contributed by atoms with Crippen molar-refractivity contribution in [3.63, 3.8) is 0 Å². The third-order valence-corrected chi connectivity index (χ3v) is 7.34. The van der Waals surface area contributed by atoms with Gasteiger partial charge in [0.15, 0.2) is 11.5 Å². The maximum absolute atomic E-state index is 13.9. The molecule has 0 aliphatic rings. The number of carbonyl (C=O) groups is 1. The molecule has 0 radical (unpaired) electrons. The minimum Gasteiger partial charge on any atom is -0.496 e. The molecule has 0 saturated heterocycles. The quantitative estimate of drug-likeness (QED) is 0.194. The van der Waals surface area contributed by atoms with Crippen LogP contribution < -0.4 is 18.4 Å². The molecular formula is C29H26F3NO8S. The topological polar surface area (TPSA) is 105 Å². The normalized spacial score (nSPS) is 11.6. The van der Waals surface area contributed by atoms with Crippen molar-refractivity contribution in [2.75, 3.05) is 21.3 Å². The highest BCUT2D eigenvalue weighted by Gasteiger charge is 2.32. The third-order valence-electron chi connectivity index (χ3n) is 6.11. The zero-order chi connectivity index (χ0) is 30.5. The average Bonchev–Trinajstić information content (AvgIpc) is 3.49. The number of benzene rings is 3. The molecule has 0 N–H and O–H groups in total. The molecule has 0 saturated carbocycles. The van der Waals surface area contributed by atoms with E-state index in [9.17, 15) is 26.4 Å². The number of hydrogen-bond acceptors (Lipinski definition) is 8. The van der Waals surface area contributed by atoms with Crippen molar-refractivity contribution in [2.45, 2.75) is 24.2 Å². The van der Waals surface area contributed by atoms with Gasteiger partial charge in [-0.15, -0.1) is 0 Å². The van der Waals surface area contributed by atoms with Crippen LogP contribution in [0.25, 0.3) is 0 Å². The second-order valence-corrected chi connectivity index (χ2v) is 10.4. The van der Waals surface area contributed by atoms with Crippen LogP contribution in [-0.4, -0.2) is 40.6 Å². The van der Waals surface area contributed by atoms with Gasteiger partial charge in [0.25, 0.3) is 5.91 Å². The maximum Gasteiger partial charge on any atom is 0.416 e. The smallest absolute Gasteiger partial charge is 0.416 e. The fraction of sp³-hybridized carbons (Fsp3) is 0.207. The summed E-state index contributed by atoms with van der Waals surface area (Å²) in [6, 6.07) is 15.8. The number of halogens is 3. The highest BCUT2D eigenvalue weighted by Crippen LogP contribution is 2.35. The standard InChI is InChI=1S/C29H26F3NO8S/c1-37-23-13-12-19(15-26(23)41-42(35,36)22-9-4-7-20(16-22)29(30,31)32)17-33(18-21-8-6-14-40-21)28(34)27-24(38-2)10-5-11-25(27)39-3/h4-16H,17-18H2,1-3H3.